The highest BCUT2D eigenvalue weighted by atomic mass is 79.9. The van der Waals surface area contributed by atoms with Crippen LogP contribution in [-0.2, 0) is 24.3 Å². The zero-order valence-corrected chi connectivity index (χ0v) is 16.6. The number of nitrogens with one attached hydrogen (secondary N) is 1. The van der Waals surface area contributed by atoms with E-state index in [1.165, 1.54) is 0 Å². The fourth-order valence-corrected chi connectivity index (χ4v) is 3.40. The number of amides is 1. The Morgan fingerprint density at radius 3 is 2.88 bits per heavy atom. The molecule has 0 spiro atoms. The minimum Gasteiger partial charge on any atom is -0.352 e. The van der Waals surface area contributed by atoms with E-state index in [9.17, 15) is 4.79 Å². The number of hydrogen-bond donors (Lipinski definition) is 1. The van der Waals surface area contributed by atoms with Crippen LogP contribution in [0.5, 0.6) is 0 Å². The predicted octanol–water partition coefficient (Wildman–Crippen LogP) is 4.08. The monoisotopic (exact) mass is 422 g/mol. The molecule has 132 valence electrons. The van der Waals surface area contributed by atoms with Crippen LogP contribution in [0.1, 0.15) is 35.4 Å². The lowest BCUT2D eigenvalue weighted by molar-refractivity contribution is -0.121. The van der Waals surface area contributed by atoms with Gasteiger partial charge in [0.15, 0.2) is 0 Å². The molecule has 0 bridgehead atoms. The fourth-order valence-electron chi connectivity index (χ4n) is 2.66. The summed E-state index contributed by atoms with van der Waals surface area (Å²) in [5.74, 6) is -0.0254. The van der Waals surface area contributed by atoms with E-state index in [1.807, 2.05) is 36.7 Å². The molecule has 25 heavy (non-hydrogen) atoms. The maximum atomic E-state index is 12.1. The van der Waals surface area contributed by atoms with Gasteiger partial charge in [-0.1, -0.05) is 33.6 Å². The van der Waals surface area contributed by atoms with E-state index < -0.39 is 0 Å². The lowest BCUT2D eigenvalue weighted by Gasteiger charge is -2.08. The standard InChI is InChI=1S/C18H20BrClN4O/c1-12-16(13(2)24(23-12)9-3-8-21)6-7-18(25)22-11-14-4-5-15(19)10-17(14)20/h4-5,10H,3,6-7,9,11H2,1-2H3,(H,22,25). The molecule has 1 amide bonds. The fraction of sp³-hybridized carbons (Fsp3) is 0.389. The van der Waals surface area contributed by atoms with Crippen LogP contribution in [0.2, 0.25) is 5.02 Å². The second kappa shape index (κ2) is 9.02. The van der Waals surface area contributed by atoms with Gasteiger partial charge >= 0.3 is 0 Å². The number of halogens is 2. The van der Waals surface area contributed by atoms with E-state index in [1.54, 1.807) is 0 Å². The third-order valence-electron chi connectivity index (χ3n) is 4.06. The first-order valence-corrected chi connectivity index (χ1v) is 9.20. The molecule has 0 fully saturated rings. The van der Waals surface area contributed by atoms with E-state index in [2.05, 4.69) is 32.4 Å². The largest absolute Gasteiger partial charge is 0.352 e. The Morgan fingerprint density at radius 1 is 1.44 bits per heavy atom. The van der Waals surface area contributed by atoms with Crippen molar-refractivity contribution in [2.24, 2.45) is 0 Å². The van der Waals surface area contributed by atoms with Gasteiger partial charge < -0.3 is 5.32 Å². The molecular formula is C18H20BrClN4O. The van der Waals surface area contributed by atoms with Crippen molar-refractivity contribution in [1.82, 2.24) is 15.1 Å². The summed E-state index contributed by atoms with van der Waals surface area (Å²) < 4.78 is 2.75. The van der Waals surface area contributed by atoms with Crippen LogP contribution in [-0.4, -0.2) is 15.7 Å². The molecule has 1 N–H and O–H groups in total. The zero-order chi connectivity index (χ0) is 18.4. The Labute approximate surface area is 161 Å². The minimum atomic E-state index is -0.0254. The van der Waals surface area contributed by atoms with E-state index in [0.29, 0.717) is 37.4 Å². The van der Waals surface area contributed by atoms with Gasteiger partial charge in [0.2, 0.25) is 5.91 Å². The average Bonchev–Trinajstić information content (AvgIpc) is 2.84. The molecule has 1 heterocycles. The summed E-state index contributed by atoms with van der Waals surface area (Å²) >= 11 is 9.52. The number of aromatic nitrogens is 2. The van der Waals surface area contributed by atoms with Crippen LogP contribution in [0.15, 0.2) is 22.7 Å². The molecule has 1 aromatic heterocycles. The SMILES string of the molecule is Cc1nn(CCC#N)c(C)c1CCC(=O)NCc1ccc(Br)cc1Cl. The Morgan fingerprint density at radius 2 is 2.20 bits per heavy atom. The normalized spacial score (nSPS) is 10.5. The first-order chi connectivity index (χ1) is 11.9. The van der Waals surface area contributed by atoms with Crippen LogP contribution in [0.4, 0.5) is 0 Å². The molecule has 0 radical (unpaired) electrons. The van der Waals surface area contributed by atoms with E-state index >= 15 is 0 Å². The molecule has 0 saturated carbocycles. The van der Waals surface area contributed by atoms with Crippen molar-refractivity contribution < 1.29 is 4.79 Å². The van der Waals surface area contributed by atoms with Gasteiger partial charge in [-0.2, -0.15) is 10.4 Å². The molecule has 7 heteroatoms. The van der Waals surface area contributed by atoms with Gasteiger partial charge in [-0.25, -0.2) is 0 Å². The van der Waals surface area contributed by atoms with Crippen LogP contribution >= 0.6 is 27.5 Å². The van der Waals surface area contributed by atoms with Crippen molar-refractivity contribution in [2.45, 2.75) is 46.2 Å². The molecule has 0 atom stereocenters. The van der Waals surface area contributed by atoms with Gasteiger partial charge in [0.1, 0.15) is 0 Å². The zero-order valence-electron chi connectivity index (χ0n) is 14.3. The number of nitrogens with zero attached hydrogens (tertiary/aromatic N) is 3. The molecular weight excluding hydrogens is 404 g/mol. The quantitative estimate of drug-likeness (QED) is 0.729. The molecule has 2 rings (SSSR count). The number of benzene rings is 1. The highest BCUT2D eigenvalue weighted by Crippen LogP contribution is 2.21. The summed E-state index contributed by atoms with van der Waals surface area (Å²) in [5.41, 5.74) is 3.90. The summed E-state index contributed by atoms with van der Waals surface area (Å²) in [7, 11) is 0. The molecule has 0 aliphatic carbocycles. The number of carbonyl (C=O) groups is 1. The smallest absolute Gasteiger partial charge is 0.220 e. The Balaban J connectivity index is 1.90. The van der Waals surface area contributed by atoms with Crippen LogP contribution < -0.4 is 5.32 Å². The van der Waals surface area contributed by atoms with Crippen molar-refractivity contribution >= 4 is 33.4 Å². The second-order valence-electron chi connectivity index (χ2n) is 5.79. The first-order valence-electron chi connectivity index (χ1n) is 8.02. The van der Waals surface area contributed by atoms with Crippen molar-refractivity contribution in [3.63, 3.8) is 0 Å². The molecule has 0 unspecified atom stereocenters. The number of carbonyl (C=O) groups excluding carboxylic acids is 1. The van der Waals surface area contributed by atoms with Gasteiger partial charge in [-0.15, -0.1) is 0 Å². The van der Waals surface area contributed by atoms with E-state index in [4.69, 9.17) is 16.9 Å². The third kappa shape index (κ3) is 5.32. The molecule has 1 aromatic carbocycles. The maximum Gasteiger partial charge on any atom is 0.220 e. The Hall–Kier alpha value is -1.84. The predicted molar refractivity (Wildman–Crippen MR) is 101 cm³/mol. The van der Waals surface area contributed by atoms with Crippen molar-refractivity contribution in [3.05, 3.63) is 50.2 Å². The highest BCUT2D eigenvalue weighted by molar-refractivity contribution is 9.10. The summed E-state index contributed by atoms with van der Waals surface area (Å²) in [6, 6.07) is 7.72. The lowest BCUT2D eigenvalue weighted by atomic mass is 10.1. The molecule has 2 aromatic rings. The highest BCUT2D eigenvalue weighted by Gasteiger charge is 2.13. The van der Waals surface area contributed by atoms with Gasteiger partial charge in [-0.3, -0.25) is 9.48 Å². The Kier molecular flexibility index (Phi) is 7.03. The summed E-state index contributed by atoms with van der Waals surface area (Å²) in [4.78, 5) is 12.1. The van der Waals surface area contributed by atoms with Crippen LogP contribution in [0.3, 0.4) is 0 Å². The van der Waals surface area contributed by atoms with Gasteiger partial charge in [0, 0.05) is 28.2 Å². The number of rotatable bonds is 7. The van der Waals surface area contributed by atoms with Gasteiger partial charge in [-0.05, 0) is 43.5 Å². The first kappa shape index (κ1) is 19.5. The summed E-state index contributed by atoms with van der Waals surface area (Å²) in [5, 5.41) is 16.7. The average molecular weight is 424 g/mol. The summed E-state index contributed by atoms with van der Waals surface area (Å²) in [6.45, 7) is 4.90. The topological polar surface area (TPSA) is 70.7 Å². The lowest BCUT2D eigenvalue weighted by Crippen LogP contribution is -2.23. The van der Waals surface area contributed by atoms with Crippen molar-refractivity contribution in [2.75, 3.05) is 0 Å². The maximum absolute atomic E-state index is 12.1. The third-order valence-corrected chi connectivity index (χ3v) is 4.91. The van der Waals surface area contributed by atoms with Crippen molar-refractivity contribution in [3.8, 4) is 6.07 Å². The second-order valence-corrected chi connectivity index (χ2v) is 7.12. The number of hydrogen-bond acceptors (Lipinski definition) is 3. The molecule has 0 aliphatic rings. The van der Waals surface area contributed by atoms with Gasteiger partial charge in [0.05, 0.1) is 24.7 Å². The van der Waals surface area contributed by atoms with E-state index in [0.717, 1.165) is 27.0 Å². The van der Waals surface area contributed by atoms with Crippen LogP contribution in [0.25, 0.3) is 0 Å². The Bertz CT molecular complexity index is 810. The molecule has 0 saturated heterocycles. The number of nitriles is 1. The van der Waals surface area contributed by atoms with Crippen LogP contribution in [0, 0.1) is 25.2 Å². The minimum absolute atomic E-state index is 0.0254. The molecule has 5 nitrogen and oxygen atoms in total. The van der Waals surface area contributed by atoms with Crippen molar-refractivity contribution in [1.29, 1.82) is 5.26 Å². The van der Waals surface area contributed by atoms with Gasteiger partial charge in [0.25, 0.3) is 0 Å². The summed E-state index contributed by atoms with van der Waals surface area (Å²) in [6.07, 6.45) is 1.44. The molecule has 0 aliphatic heterocycles. The van der Waals surface area contributed by atoms with E-state index in [-0.39, 0.29) is 5.91 Å². The number of aryl methyl sites for hydroxylation is 2.